The van der Waals surface area contributed by atoms with Gasteiger partial charge in [0.25, 0.3) is 0 Å². The highest BCUT2D eigenvalue weighted by Gasteiger charge is 2.05. The lowest BCUT2D eigenvalue weighted by atomic mass is 10.1. The van der Waals surface area contributed by atoms with Crippen LogP contribution in [0.5, 0.6) is 0 Å². The standard InChI is InChI=1S/C13H26N2/c1-10(2)12(5)8-14-13(6)9-15(7)11(3)4/h10-11,14H,5-6,8-9H2,1-4,7H3. The molecule has 0 fully saturated rings. The Bertz CT molecular complexity index is 217. The second-order valence-corrected chi connectivity index (χ2v) is 4.78. The van der Waals surface area contributed by atoms with Crippen LogP contribution in [0.2, 0.25) is 0 Å². The largest absolute Gasteiger partial charge is 0.384 e. The SMILES string of the molecule is C=C(CN(C)C(C)C)NCC(=C)C(C)C. The van der Waals surface area contributed by atoms with Crippen molar-refractivity contribution in [1.82, 2.24) is 10.2 Å². The van der Waals surface area contributed by atoms with Crippen molar-refractivity contribution in [2.45, 2.75) is 33.7 Å². The molecule has 0 aliphatic heterocycles. The van der Waals surface area contributed by atoms with Crippen LogP contribution < -0.4 is 5.32 Å². The Morgan fingerprint density at radius 1 is 1.20 bits per heavy atom. The molecule has 0 aliphatic rings. The maximum absolute atomic E-state index is 4.02. The Hall–Kier alpha value is -0.760. The molecule has 0 spiro atoms. The third kappa shape index (κ3) is 6.34. The first-order valence-electron chi connectivity index (χ1n) is 5.64. The summed E-state index contributed by atoms with van der Waals surface area (Å²) in [5.74, 6) is 0.535. The molecule has 2 heteroatoms. The van der Waals surface area contributed by atoms with Crippen LogP contribution in [-0.2, 0) is 0 Å². The highest BCUT2D eigenvalue weighted by molar-refractivity contribution is 5.05. The van der Waals surface area contributed by atoms with Crippen LogP contribution in [0.15, 0.2) is 24.4 Å². The zero-order valence-electron chi connectivity index (χ0n) is 10.9. The van der Waals surface area contributed by atoms with Crippen molar-refractivity contribution in [1.29, 1.82) is 0 Å². The van der Waals surface area contributed by atoms with Crippen molar-refractivity contribution in [3.05, 3.63) is 24.4 Å². The molecule has 1 N–H and O–H groups in total. The number of hydrogen-bond donors (Lipinski definition) is 1. The molecule has 0 rings (SSSR count). The third-order valence-electron chi connectivity index (χ3n) is 2.70. The number of nitrogens with one attached hydrogen (secondary N) is 1. The van der Waals surface area contributed by atoms with Crippen LogP contribution in [0.3, 0.4) is 0 Å². The average Bonchev–Trinajstić information content (AvgIpc) is 2.13. The second kappa shape index (κ2) is 6.67. The van der Waals surface area contributed by atoms with E-state index >= 15 is 0 Å². The van der Waals surface area contributed by atoms with Crippen LogP contribution in [-0.4, -0.2) is 31.1 Å². The van der Waals surface area contributed by atoms with Gasteiger partial charge in [-0.1, -0.05) is 32.6 Å². The second-order valence-electron chi connectivity index (χ2n) is 4.78. The van der Waals surface area contributed by atoms with Gasteiger partial charge in [0.05, 0.1) is 0 Å². The summed E-state index contributed by atoms with van der Waals surface area (Å²) in [7, 11) is 2.11. The molecule has 2 nitrogen and oxygen atoms in total. The summed E-state index contributed by atoms with van der Waals surface area (Å²) >= 11 is 0. The van der Waals surface area contributed by atoms with Crippen molar-refractivity contribution in [2.75, 3.05) is 20.1 Å². The van der Waals surface area contributed by atoms with E-state index in [-0.39, 0.29) is 0 Å². The highest BCUT2D eigenvalue weighted by Crippen LogP contribution is 2.05. The zero-order chi connectivity index (χ0) is 12.0. The molecule has 0 aromatic heterocycles. The van der Waals surface area contributed by atoms with Crippen molar-refractivity contribution in [3.8, 4) is 0 Å². The zero-order valence-corrected chi connectivity index (χ0v) is 10.9. The van der Waals surface area contributed by atoms with E-state index in [2.05, 4.69) is 58.1 Å². The highest BCUT2D eigenvalue weighted by atomic mass is 15.1. The van der Waals surface area contributed by atoms with Gasteiger partial charge in [-0.05, 0) is 26.8 Å². The Morgan fingerprint density at radius 3 is 2.13 bits per heavy atom. The molecule has 0 aromatic carbocycles. The fourth-order valence-corrected chi connectivity index (χ4v) is 0.982. The van der Waals surface area contributed by atoms with Crippen LogP contribution in [0.1, 0.15) is 27.7 Å². The molecular weight excluding hydrogens is 184 g/mol. The molecule has 0 saturated heterocycles. The molecule has 0 amide bonds. The van der Waals surface area contributed by atoms with Gasteiger partial charge < -0.3 is 5.32 Å². The fraction of sp³-hybridized carbons (Fsp3) is 0.692. The monoisotopic (exact) mass is 210 g/mol. The summed E-state index contributed by atoms with van der Waals surface area (Å²) in [5.41, 5.74) is 2.29. The first-order chi connectivity index (χ1) is 6.84. The van der Waals surface area contributed by atoms with Crippen LogP contribution >= 0.6 is 0 Å². The molecule has 0 atom stereocenters. The Balaban J connectivity index is 3.81. The van der Waals surface area contributed by atoms with E-state index in [0.29, 0.717) is 12.0 Å². The third-order valence-corrected chi connectivity index (χ3v) is 2.70. The molecule has 0 aromatic rings. The quantitative estimate of drug-likeness (QED) is 0.650. The van der Waals surface area contributed by atoms with Crippen molar-refractivity contribution in [2.24, 2.45) is 5.92 Å². The van der Waals surface area contributed by atoms with Crippen LogP contribution in [0.25, 0.3) is 0 Å². The maximum atomic E-state index is 4.02. The molecule has 0 saturated carbocycles. The Morgan fingerprint density at radius 2 is 1.73 bits per heavy atom. The summed E-state index contributed by atoms with van der Waals surface area (Å²) in [6, 6.07) is 0.553. The normalized spacial score (nSPS) is 11.2. The molecule has 0 radical (unpaired) electrons. The molecule has 15 heavy (non-hydrogen) atoms. The van der Waals surface area contributed by atoms with Gasteiger partial charge in [0.2, 0.25) is 0 Å². The van der Waals surface area contributed by atoms with Crippen LogP contribution in [0, 0.1) is 5.92 Å². The first kappa shape index (κ1) is 14.2. The van der Waals surface area contributed by atoms with E-state index in [0.717, 1.165) is 18.8 Å². The summed E-state index contributed by atoms with van der Waals surface area (Å²) in [4.78, 5) is 2.26. The molecule has 0 heterocycles. The number of likely N-dealkylation sites (N-methyl/N-ethyl adjacent to an activating group) is 1. The van der Waals surface area contributed by atoms with Gasteiger partial charge in [0.1, 0.15) is 0 Å². The molecule has 0 bridgehead atoms. The Kier molecular flexibility index (Phi) is 6.34. The van der Waals surface area contributed by atoms with Gasteiger partial charge in [-0.15, -0.1) is 0 Å². The number of nitrogens with zero attached hydrogens (tertiary/aromatic N) is 1. The van der Waals surface area contributed by atoms with Crippen LogP contribution in [0.4, 0.5) is 0 Å². The van der Waals surface area contributed by atoms with Gasteiger partial charge >= 0.3 is 0 Å². The van der Waals surface area contributed by atoms with Crippen molar-refractivity contribution < 1.29 is 0 Å². The van der Waals surface area contributed by atoms with Crippen molar-refractivity contribution in [3.63, 3.8) is 0 Å². The lowest BCUT2D eigenvalue weighted by Crippen LogP contribution is -2.32. The molecule has 0 aliphatic carbocycles. The number of rotatable bonds is 7. The molecule has 0 unspecified atom stereocenters. The van der Waals surface area contributed by atoms with E-state index in [9.17, 15) is 0 Å². The Labute approximate surface area is 95.0 Å². The lowest BCUT2D eigenvalue weighted by molar-refractivity contribution is 0.292. The minimum absolute atomic E-state index is 0.535. The van der Waals surface area contributed by atoms with E-state index < -0.39 is 0 Å². The maximum Gasteiger partial charge on any atom is 0.0375 e. The smallest absolute Gasteiger partial charge is 0.0375 e. The number of hydrogen-bond acceptors (Lipinski definition) is 2. The van der Waals surface area contributed by atoms with Gasteiger partial charge in [-0.25, -0.2) is 0 Å². The summed E-state index contributed by atoms with van der Waals surface area (Å²) < 4.78 is 0. The van der Waals surface area contributed by atoms with Gasteiger partial charge in [0.15, 0.2) is 0 Å². The minimum Gasteiger partial charge on any atom is -0.384 e. The van der Waals surface area contributed by atoms with Crippen molar-refractivity contribution >= 4 is 0 Å². The molecular formula is C13H26N2. The molecule has 88 valence electrons. The predicted molar refractivity (Wildman–Crippen MR) is 68.9 cm³/mol. The topological polar surface area (TPSA) is 15.3 Å². The van der Waals surface area contributed by atoms with E-state index in [4.69, 9.17) is 0 Å². The minimum atomic E-state index is 0.535. The summed E-state index contributed by atoms with van der Waals surface area (Å²) in [5, 5.41) is 3.31. The average molecular weight is 210 g/mol. The van der Waals surface area contributed by atoms with Gasteiger partial charge in [0, 0.05) is 24.8 Å². The predicted octanol–water partition coefficient (Wildman–Crippen LogP) is 2.64. The van der Waals surface area contributed by atoms with E-state index in [1.165, 1.54) is 5.57 Å². The van der Waals surface area contributed by atoms with Gasteiger partial charge in [-0.3, -0.25) is 4.90 Å². The van der Waals surface area contributed by atoms with Gasteiger partial charge in [-0.2, -0.15) is 0 Å². The summed E-state index contributed by atoms with van der Waals surface area (Å²) in [6.07, 6.45) is 0. The summed E-state index contributed by atoms with van der Waals surface area (Å²) in [6.45, 7) is 18.4. The van der Waals surface area contributed by atoms with E-state index in [1.54, 1.807) is 0 Å². The fourth-order valence-electron chi connectivity index (χ4n) is 0.982. The van der Waals surface area contributed by atoms with E-state index in [1.807, 2.05) is 0 Å². The first-order valence-corrected chi connectivity index (χ1v) is 5.64. The lowest BCUT2D eigenvalue weighted by Gasteiger charge is -2.23.